The highest BCUT2D eigenvalue weighted by molar-refractivity contribution is 6.14. The Morgan fingerprint density at radius 2 is 1.23 bits per heavy atom. The van der Waals surface area contributed by atoms with Crippen molar-refractivity contribution in [3.63, 3.8) is 0 Å². The van der Waals surface area contributed by atoms with E-state index in [1.807, 2.05) is 6.07 Å². The summed E-state index contributed by atoms with van der Waals surface area (Å²) in [5, 5.41) is 2.44. The second-order valence-electron chi connectivity index (χ2n) is 16.9. The number of hydrogen-bond acceptors (Lipinski definition) is 2. The Balaban J connectivity index is 1.06. The Hall–Kier alpha value is -6.78. The molecule has 0 fully saturated rings. The van der Waals surface area contributed by atoms with E-state index in [1.165, 1.54) is 33.0 Å². The van der Waals surface area contributed by atoms with Crippen molar-refractivity contribution in [3.05, 3.63) is 226 Å². The van der Waals surface area contributed by atoms with Gasteiger partial charge in [-0.25, -0.2) is 15.0 Å². The Labute approximate surface area is 368 Å². The zero-order valence-corrected chi connectivity index (χ0v) is 36.9. The molecule has 6 aromatic carbocycles. The SMILES string of the molecule is C/C=C(/N=C(\N=C(/C)c1ccccc1)c1ccc(C(C)(C)c2ccc(C(C)/N=C(\N=C(/C)c3ccc4ccccc4c3)C3=CCCC=C3)cc2)cc1)c1ccc2c(c1)C=CCC2. The van der Waals surface area contributed by atoms with Crippen molar-refractivity contribution < 1.29 is 0 Å². The van der Waals surface area contributed by atoms with Gasteiger partial charge in [0.05, 0.1) is 11.7 Å². The normalized spacial score (nSPS) is 15.7. The van der Waals surface area contributed by atoms with E-state index in [1.54, 1.807) is 0 Å². The minimum absolute atomic E-state index is 0.0803. The fourth-order valence-corrected chi connectivity index (χ4v) is 8.28. The quantitative estimate of drug-likeness (QED) is 0.0978. The highest BCUT2D eigenvalue weighted by atomic mass is 14.9. The Bertz CT molecular complexity index is 2820. The summed E-state index contributed by atoms with van der Waals surface area (Å²) in [6.07, 6.45) is 17.4. The van der Waals surface area contributed by atoms with E-state index in [9.17, 15) is 0 Å². The third kappa shape index (κ3) is 9.56. The molecule has 1 unspecified atom stereocenters. The number of allylic oxidation sites excluding steroid dienone is 4. The van der Waals surface area contributed by atoms with Crippen molar-refractivity contribution in [3.8, 4) is 0 Å². The Morgan fingerprint density at radius 3 is 1.95 bits per heavy atom. The fourth-order valence-electron chi connectivity index (χ4n) is 8.28. The molecule has 0 bridgehead atoms. The Kier molecular flexibility index (Phi) is 12.8. The topological polar surface area (TPSA) is 49.4 Å². The minimum Gasteiger partial charge on any atom is -0.258 e. The lowest BCUT2D eigenvalue weighted by Crippen LogP contribution is -2.19. The van der Waals surface area contributed by atoms with Gasteiger partial charge in [0.1, 0.15) is 0 Å². The van der Waals surface area contributed by atoms with E-state index in [4.69, 9.17) is 20.0 Å². The maximum atomic E-state index is 5.26. The molecule has 2 aliphatic rings. The number of fused-ring (bicyclic) bond motifs is 2. The summed E-state index contributed by atoms with van der Waals surface area (Å²) in [4.78, 5) is 20.9. The van der Waals surface area contributed by atoms with Crippen molar-refractivity contribution in [2.24, 2.45) is 20.0 Å². The first-order valence-electron chi connectivity index (χ1n) is 22.0. The third-order valence-corrected chi connectivity index (χ3v) is 12.3. The highest BCUT2D eigenvalue weighted by Crippen LogP contribution is 2.34. The minimum atomic E-state index is -0.251. The summed E-state index contributed by atoms with van der Waals surface area (Å²) in [5.41, 5.74) is 14.1. The lowest BCUT2D eigenvalue weighted by atomic mass is 9.77. The van der Waals surface area contributed by atoms with Crippen LogP contribution in [0.25, 0.3) is 22.5 Å². The number of amidine groups is 2. The van der Waals surface area contributed by atoms with E-state index in [-0.39, 0.29) is 11.5 Å². The molecule has 0 amide bonds. The van der Waals surface area contributed by atoms with Crippen LogP contribution in [0.5, 0.6) is 0 Å². The molecule has 0 spiro atoms. The van der Waals surface area contributed by atoms with Crippen LogP contribution in [0.2, 0.25) is 0 Å². The van der Waals surface area contributed by atoms with Crippen molar-refractivity contribution >= 4 is 45.6 Å². The average Bonchev–Trinajstić information content (AvgIpc) is 3.32. The molecular formula is C58H56N4. The molecule has 0 saturated carbocycles. The van der Waals surface area contributed by atoms with E-state index < -0.39 is 0 Å². The van der Waals surface area contributed by atoms with Crippen molar-refractivity contribution in [1.29, 1.82) is 0 Å². The predicted octanol–water partition coefficient (Wildman–Crippen LogP) is 14.7. The predicted molar refractivity (Wildman–Crippen MR) is 266 cm³/mol. The maximum Gasteiger partial charge on any atom is 0.160 e. The molecule has 4 heteroatoms. The summed E-state index contributed by atoms with van der Waals surface area (Å²) in [6, 6.07) is 49.7. The third-order valence-electron chi connectivity index (χ3n) is 12.3. The lowest BCUT2D eigenvalue weighted by molar-refractivity contribution is 0.639. The smallest absolute Gasteiger partial charge is 0.160 e. The van der Waals surface area contributed by atoms with Gasteiger partial charge in [-0.15, -0.1) is 0 Å². The van der Waals surface area contributed by atoms with E-state index in [0.717, 1.165) is 82.0 Å². The molecule has 2 aliphatic carbocycles. The molecule has 1 atom stereocenters. The van der Waals surface area contributed by atoms with Gasteiger partial charge in [0, 0.05) is 33.5 Å². The molecule has 0 saturated heterocycles. The number of rotatable bonds is 10. The molecule has 0 aliphatic heterocycles. The summed E-state index contributed by atoms with van der Waals surface area (Å²) in [7, 11) is 0. The molecular weight excluding hydrogens is 753 g/mol. The largest absolute Gasteiger partial charge is 0.258 e. The van der Waals surface area contributed by atoms with Crippen LogP contribution >= 0.6 is 0 Å². The molecule has 62 heavy (non-hydrogen) atoms. The number of hydrogen-bond donors (Lipinski definition) is 0. The summed E-state index contributed by atoms with van der Waals surface area (Å²) in [5.74, 6) is 1.46. The summed E-state index contributed by atoms with van der Waals surface area (Å²) in [6.45, 7) is 12.9. The van der Waals surface area contributed by atoms with E-state index in [0.29, 0.717) is 5.84 Å². The van der Waals surface area contributed by atoms with Crippen LogP contribution in [-0.4, -0.2) is 23.1 Å². The number of nitrogens with zero attached hydrogens (tertiary/aromatic N) is 4. The van der Waals surface area contributed by atoms with Gasteiger partial charge in [-0.05, 0) is 115 Å². The molecule has 0 heterocycles. The van der Waals surface area contributed by atoms with Gasteiger partial charge in [0.15, 0.2) is 11.7 Å². The monoisotopic (exact) mass is 808 g/mol. The van der Waals surface area contributed by atoms with Gasteiger partial charge in [-0.3, -0.25) is 4.99 Å². The van der Waals surface area contributed by atoms with Gasteiger partial charge in [0.25, 0.3) is 0 Å². The van der Waals surface area contributed by atoms with Crippen molar-refractivity contribution in [1.82, 2.24) is 0 Å². The van der Waals surface area contributed by atoms with Crippen LogP contribution in [0.4, 0.5) is 0 Å². The van der Waals surface area contributed by atoms with Gasteiger partial charge in [-0.1, -0.05) is 178 Å². The highest BCUT2D eigenvalue weighted by Gasteiger charge is 2.24. The summed E-state index contributed by atoms with van der Waals surface area (Å²) < 4.78 is 0. The van der Waals surface area contributed by atoms with Crippen molar-refractivity contribution in [2.75, 3.05) is 0 Å². The average molecular weight is 809 g/mol. The first kappa shape index (κ1) is 41.9. The second-order valence-corrected chi connectivity index (χ2v) is 16.9. The number of benzene rings is 6. The number of aliphatic imine (C=N–C) groups is 4. The molecule has 0 N–H and O–H groups in total. The standard InChI is InChI=1S/C58H56N4/c1-7-55(52-29-27-46-21-15-17-25-51(46)39-52)62-57(60-40(2)43-18-10-8-11-19-43)48-32-36-54(37-33-48)58(5,6)53-34-30-44(31-35-53)41(3)59-56(47-22-12-9-13-23-47)61-42(4)49-28-26-45-20-14-16-24-50(45)38-49/h7-8,10-12,14,16-20,22-39,41H,9,13,15,21H2,1-6H3/b55-7+,59-56-,60-40+,61-42+,62-57-. The van der Waals surface area contributed by atoms with Crippen LogP contribution in [0.1, 0.15) is 117 Å². The van der Waals surface area contributed by atoms with Crippen LogP contribution in [0.3, 0.4) is 0 Å². The van der Waals surface area contributed by atoms with E-state index >= 15 is 0 Å². The van der Waals surface area contributed by atoms with Gasteiger partial charge in [-0.2, -0.15) is 0 Å². The molecule has 0 aromatic heterocycles. The van der Waals surface area contributed by atoms with Crippen LogP contribution in [-0.2, 0) is 11.8 Å². The second kappa shape index (κ2) is 18.9. The molecule has 308 valence electrons. The fraction of sp³-hybridized carbons (Fsp3) is 0.207. The van der Waals surface area contributed by atoms with Gasteiger partial charge < -0.3 is 0 Å². The number of aryl methyl sites for hydroxylation is 1. The zero-order valence-electron chi connectivity index (χ0n) is 36.9. The van der Waals surface area contributed by atoms with Crippen molar-refractivity contribution in [2.45, 2.75) is 78.7 Å². The van der Waals surface area contributed by atoms with Gasteiger partial charge in [0.2, 0.25) is 0 Å². The lowest BCUT2D eigenvalue weighted by Gasteiger charge is -2.27. The molecule has 8 rings (SSSR count). The Morgan fingerprint density at radius 1 is 0.581 bits per heavy atom. The summed E-state index contributed by atoms with van der Waals surface area (Å²) >= 11 is 0. The van der Waals surface area contributed by atoms with Crippen LogP contribution in [0, 0.1) is 0 Å². The maximum absolute atomic E-state index is 5.26. The van der Waals surface area contributed by atoms with Crippen LogP contribution < -0.4 is 0 Å². The first-order chi connectivity index (χ1) is 30.2. The molecule has 6 aromatic rings. The zero-order chi connectivity index (χ0) is 43.1. The first-order valence-corrected chi connectivity index (χ1v) is 22.0. The van der Waals surface area contributed by atoms with E-state index in [2.05, 4.69) is 211 Å². The molecule has 4 nitrogen and oxygen atoms in total. The molecule has 0 radical (unpaired) electrons. The van der Waals surface area contributed by atoms with Crippen LogP contribution in [0.15, 0.2) is 195 Å². The van der Waals surface area contributed by atoms with Gasteiger partial charge >= 0.3 is 0 Å².